The summed E-state index contributed by atoms with van der Waals surface area (Å²) in [5.41, 5.74) is 0. The molecule has 0 heterocycles. The van der Waals surface area contributed by atoms with E-state index >= 15 is 0 Å². The number of carboxylic acids is 1. The van der Waals surface area contributed by atoms with Gasteiger partial charge in [0, 0.05) is 0 Å². The standard InChI is InChI=1S/C18H36O2.C7H16/c1-3-4-5-6-7-8-9-10-11-12-13-14-15-16-17(2)18(19)20;1-3-5-7-6-4-2/h17H,3-16H2,1-2H3,(H,19,20);3-7H2,1-2H3. The molecule has 164 valence electrons. The molecule has 0 aromatic rings. The van der Waals surface area contributed by atoms with Crippen LogP contribution >= 0.6 is 0 Å². The van der Waals surface area contributed by atoms with Crippen LogP contribution in [0.4, 0.5) is 0 Å². The first kappa shape index (κ1) is 28.7. The Balaban J connectivity index is 0. The van der Waals surface area contributed by atoms with Crippen LogP contribution in [0.5, 0.6) is 0 Å². The molecule has 1 N–H and O–H groups in total. The maximum absolute atomic E-state index is 10.6. The van der Waals surface area contributed by atoms with E-state index in [0.717, 1.165) is 12.8 Å². The number of aliphatic carboxylic acids is 1. The van der Waals surface area contributed by atoms with E-state index in [1.54, 1.807) is 0 Å². The zero-order valence-electron chi connectivity index (χ0n) is 19.4. The molecular weight excluding hydrogens is 332 g/mol. The van der Waals surface area contributed by atoms with Crippen molar-refractivity contribution in [3.63, 3.8) is 0 Å². The lowest BCUT2D eigenvalue weighted by molar-refractivity contribution is -0.141. The Morgan fingerprint density at radius 3 is 1.11 bits per heavy atom. The van der Waals surface area contributed by atoms with Crippen molar-refractivity contribution in [2.45, 2.75) is 150 Å². The number of rotatable bonds is 19. The van der Waals surface area contributed by atoms with Crippen LogP contribution in [0.3, 0.4) is 0 Å². The third-order valence-electron chi connectivity index (χ3n) is 5.37. The molecule has 0 aromatic carbocycles. The number of unbranched alkanes of at least 4 members (excludes halogenated alkanes) is 16. The van der Waals surface area contributed by atoms with Crippen LogP contribution in [0.2, 0.25) is 0 Å². The van der Waals surface area contributed by atoms with Crippen molar-refractivity contribution in [3.8, 4) is 0 Å². The van der Waals surface area contributed by atoms with Crippen molar-refractivity contribution in [2.75, 3.05) is 0 Å². The highest BCUT2D eigenvalue weighted by Crippen LogP contribution is 2.14. The molecule has 2 heteroatoms. The van der Waals surface area contributed by atoms with Gasteiger partial charge in [0.05, 0.1) is 5.92 Å². The van der Waals surface area contributed by atoms with E-state index in [1.165, 1.54) is 109 Å². The number of carboxylic acid groups (broad SMARTS) is 1. The Morgan fingerprint density at radius 1 is 0.556 bits per heavy atom. The fourth-order valence-electron chi connectivity index (χ4n) is 3.27. The molecule has 0 saturated heterocycles. The molecule has 1 atom stereocenters. The minimum Gasteiger partial charge on any atom is -0.481 e. The van der Waals surface area contributed by atoms with Crippen LogP contribution in [0.1, 0.15) is 150 Å². The van der Waals surface area contributed by atoms with Gasteiger partial charge in [0.15, 0.2) is 0 Å². The van der Waals surface area contributed by atoms with Gasteiger partial charge in [0.1, 0.15) is 0 Å². The van der Waals surface area contributed by atoms with Crippen molar-refractivity contribution in [3.05, 3.63) is 0 Å². The lowest BCUT2D eigenvalue weighted by atomic mass is 10.0. The van der Waals surface area contributed by atoms with Gasteiger partial charge in [-0.2, -0.15) is 0 Å². The molecule has 27 heavy (non-hydrogen) atoms. The molecule has 2 nitrogen and oxygen atoms in total. The van der Waals surface area contributed by atoms with Gasteiger partial charge in [-0.05, 0) is 6.42 Å². The Morgan fingerprint density at radius 2 is 0.815 bits per heavy atom. The van der Waals surface area contributed by atoms with Crippen molar-refractivity contribution in [1.82, 2.24) is 0 Å². The Kier molecular flexibility index (Phi) is 27.1. The number of hydrogen-bond donors (Lipinski definition) is 1. The predicted molar refractivity (Wildman–Crippen MR) is 122 cm³/mol. The summed E-state index contributed by atoms with van der Waals surface area (Å²) in [6.45, 7) is 8.57. The lowest BCUT2D eigenvalue weighted by Crippen LogP contribution is -2.08. The summed E-state index contributed by atoms with van der Waals surface area (Å²) in [7, 11) is 0. The van der Waals surface area contributed by atoms with Crippen LogP contribution in [-0.2, 0) is 4.79 Å². The summed E-state index contributed by atoms with van der Waals surface area (Å²) in [4.78, 5) is 10.6. The maximum atomic E-state index is 10.6. The zero-order chi connectivity index (χ0) is 20.6. The number of hydrogen-bond acceptors (Lipinski definition) is 1. The molecule has 0 aliphatic rings. The second-order valence-electron chi connectivity index (χ2n) is 8.33. The van der Waals surface area contributed by atoms with E-state index in [4.69, 9.17) is 5.11 Å². The smallest absolute Gasteiger partial charge is 0.306 e. The summed E-state index contributed by atoms with van der Waals surface area (Å²) in [5, 5.41) is 8.77. The van der Waals surface area contributed by atoms with Gasteiger partial charge in [-0.25, -0.2) is 0 Å². The van der Waals surface area contributed by atoms with Gasteiger partial charge in [-0.3, -0.25) is 4.79 Å². The summed E-state index contributed by atoms with van der Waals surface area (Å²) in [6, 6.07) is 0. The van der Waals surface area contributed by atoms with Crippen LogP contribution in [-0.4, -0.2) is 11.1 Å². The molecule has 0 amide bonds. The fourth-order valence-corrected chi connectivity index (χ4v) is 3.27. The molecule has 0 aliphatic heterocycles. The van der Waals surface area contributed by atoms with E-state index in [1.807, 2.05) is 6.92 Å². The molecule has 0 saturated carbocycles. The van der Waals surface area contributed by atoms with Crippen molar-refractivity contribution in [1.29, 1.82) is 0 Å². The molecule has 0 aliphatic carbocycles. The third-order valence-corrected chi connectivity index (χ3v) is 5.37. The highest BCUT2D eigenvalue weighted by Gasteiger charge is 2.09. The van der Waals surface area contributed by atoms with Gasteiger partial charge < -0.3 is 5.11 Å². The number of carbonyl (C=O) groups is 1. The van der Waals surface area contributed by atoms with Gasteiger partial charge in [0.25, 0.3) is 0 Å². The molecule has 1 unspecified atom stereocenters. The Labute approximate surface area is 171 Å². The van der Waals surface area contributed by atoms with Crippen LogP contribution in [0.15, 0.2) is 0 Å². The minimum atomic E-state index is -0.649. The maximum Gasteiger partial charge on any atom is 0.306 e. The summed E-state index contributed by atoms with van der Waals surface area (Å²) < 4.78 is 0. The van der Waals surface area contributed by atoms with E-state index < -0.39 is 5.97 Å². The monoisotopic (exact) mass is 384 g/mol. The SMILES string of the molecule is CCCCCCC.CCCCCCCCCCCCCCCC(C)C(=O)O. The zero-order valence-corrected chi connectivity index (χ0v) is 19.4. The highest BCUT2D eigenvalue weighted by atomic mass is 16.4. The molecule has 0 radical (unpaired) electrons. The topological polar surface area (TPSA) is 37.3 Å². The lowest BCUT2D eigenvalue weighted by Gasteiger charge is -2.05. The van der Waals surface area contributed by atoms with Gasteiger partial charge in [-0.1, -0.05) is 143 Å². The first-order valence-electron chi connectivity index (χ1n) is 12.3. The van der Waals surface area contributed by atoms with E-state index in [-0.39, 0.29) is 5.92 Å². The van der Waals surface area contributed by atoms with E-state index in [2.05, 4.69) is 20.8 Å². The molecule has 0 fully saturated rings. The van der Waals surface area contributed by atoms with Crippen LogP contribution in [0, 0.1) is 5.92 Å². The first-order valence-corrected chi connectivity index (χ1v) is 12.3. The molecule has 0 aromatic heterocycles. The van der Waals surface area contributed by atoms with Crippen LogP contribution < -0.4 is 0 Å². The van der Waals surface area contributed by atoms with E-state index in [9.17, 15) is 4.79 Å². The fraction of sp³-hybridized carbons (Fsp3) is 0.960. The van der Waals surface area contributed by atoms with Crippen molar-refractivity contribution in [2.24, 2.45) is 5.92 Å². The summed E-state index contributed by atoms with van der Waals surface area (Å²) in [5.74, 6) is -0.813. The van der Waals surface area contributed by atoms with Gasteiger partial charge in [0.2, 0.25) is 0 Å². The van der Waals surface area contributed by atoms with Gasteiger partial charge in [-0.15, -0.1) is 0 Å². The predicted octanol–water partition coefficient (Wildman–Crippen LogP) is 9.17. The second kappa shape index (κ2) is 25.5. The minimum absolute atomic E-state index is 0.164. The molecule has 0 rings (SSSR count). The third kappa shape index (κ3) is 27.8. The van der Waals surface area contributed by atoms with Crippen molar-refractivity contribution < 1.29 is 9.90 Å². The average Bonchev–Trinajstić information content (AvgIpc) is 2.66. The van der Waals surface area contributed by atoms with Crippen LogP contribution in [0.25, 0.3) is 0 Å². The quantitative estimate of drug-likeness (QED) is 0.225. The Bertz CT molecular complexity index is 271. The molecule has 0 spiro atoms. The van der Waals surface area contributed by atoms with Crippen molar-refractivity contribution >= 4 is 5.97 Å². The summed E-state index contributed by atoms with van der Waals surface area (Å²) >= 11 is 0. The summed E-state index contributed by atoms with van der Waals surface area (Å²) in [6.07, 6.45) is 25.3. The molecule has 0 bridgehead atoms. The first-order chi connectivity index (χ1) is 13.1. The second-order valence-corrected chi connectivity index (χ2v) is 8.33. The highest BCUT2D eigenvalue weighted by molar-refractivity contribution is 5.69. The van der Waals surface area contributed by atoms with Gasteiger partial charge >= 0.3 is 5.97 Å². The largest absolute Gasteiger partial charge is 0.481 e. The normalized spacial score (nSPS) is 11.7. The Hall–Kier alpha value is -0.530. The molecular formula is C25H52O2. The average molecular weight is 385 g/mol. The van der Waals surface area contributed by atoms with E-state index in [0.29, 0.717) is 0 Å².